The molecule has 6 nitrogen and oxygen atoms in total. The van der Waals surface area contributed by atoms with Crippen LogP contribution in [0.1, 0.15) is 5.56 Å². The number of nitro groups is 1. The Morgan fingerprint density at radius 3 is 2.57 bits per heavy atom. The molecule has 0 aromatic heterocycles. The van der Waals surface area contributed by atoms with Crippen LogP contribution in [0.5, 0.6) is 5.75 Å². The second-order valence-electron chi connectivity index (χ2n) is 4.88. The molecule has 1 heterocycles. The lowest BCUT2D eigenvalue weighted by Gasteiger charge is -2.09. The number of nitrogens with one attached hydrogen (secondary N) is 1. The summed E-state index contributed by atoms with van der Waals surface area (Å²) in [6, 6.07) is 10.6. The predicted molar refractivity (Wildman–Crippen MR) is 94.6 cm³/mol. The van der Waals surface area contributed by atoms with Gasteiger partial charge in [0.05, 0.1) is 4.92 Å². The zero-order valence-electron chi connectivity index (χ0n) is 12.2. The normalized spacial score (nSPS) is 12.7. The molecule has 2 aromatic carbocycles. The maximum absolute atomic E-state index is 11.0. The summed E-state index contributed by atoms with van der Waals surface area (Å²) in [6.07, 6.45) is 0. The lowest BCUT2D eigenvalue weighted by atomic mass is 10.0. The molecule has 0 amide bonds. The van der Waals surface area contributed by atoms with E-state index in [1.54, 1.807) is 12.1 Å². The van der Waals surface area contributed by atoms with Gasteiger partial charge in [0.2, 0.25) is 0 Å². The lowest BCUT2D eigenvalue weighted by molar-refractivity contribution is -0.383. The number of nitrogens with zero attached hydrogens (tertiary/aromatic N) is 1. The zero-order chi connectivity index (χ0) is 14.8. The van der Waals surface area contributed by atoms with Crippen LogP contribution in [0.25, 0.3) is 11.1 Å². The number of halogens is 2. The molecule has 0 saturated heterocycles. The van der Waals surface area contributed by atoms with E-state index in [4.69, 9.17) is 10.5 Å². The molecule has 8 heteroatoms. The molecule has 23 heavy (non-hydrogen) atoms. The molecule has 3 rings (SSSR count). The average molecular weight is 358 g/mol. The molecule has 0 fully saturated rings. The molecular formula is C15H17Cl2N3O3. The number of hydrogen-bond acceptors (Lipinski definition) is 5. The molecule has 1 aliphatic rings. The Bertz CT molecular complexity index is 710. The van der Waals surface area contributed by atoms with E-state index in [2.05, 4.69) is 5.32 Å². The highest BCUT2D eigenvalue weighted by Crippen LogP contribution is 2.31. The second-order valence-corrected chi connectivity index (χ2v) is 4.88. The number of nitrogens with two attached hydrogens (primary N) is 1. The van der Waals surface area contributed by atoms with Crippen LogP contribution >= 0.6 is 24.8 Å². The summed E-state index contributed by atoms with van der Waals surface area (Å²) < 4.78 is 5.63. The van der Waals surface area contributed by atoms with Gasteiger partial charge in [-0.1, -0.05) is 12.1 Å². The quantitative estimate of drug-likeness (QED) is 0.489. The maximum Gasteiger partial charge on any atom is 0.292 e. The zero-order valence-corrected chi connectivity index (χ0v) is 13.8. The number of benzene rings is 2. The van der Waals surface area contributed by atoms with Crippen molar-refractivity contribution in [2.45, 2.75) is 6.54 Å². The van der Waals surface area contributed by atoms with Crippen LogP contribution < -0.4 is 15.8 Å². The van der Waals surface area contributed by atoms with Gasteiger partial charge in [-0.3, -0.25) is 10.1 Å². The van der Waals surface area contributed by atoms with Crippen molar-refractivity contribution < 1.29 is 9.66 Å². The molecule has 124 valence electrons. The summed E-state index contributed by atoms with van der Waals surface area (Å²) in [5, 5.41) is 14.2. The van der Waals surface area contributed by atoms with E-state index in [1.807, 2.05) is 18.2 Å². The van der Waals surface area contributed by atoms with Gasteiger partial charge in [0.25, 0.3) is 5.69 Å². The average Bonchev–Trinajstić information content (AvgIpc) is 2.72. The van der Waals surface area contributed by atoms with Crippen molar-refractivity contribution in [1.82, 2.24) is 5.32 Å². The minimum atomic E-state index is -0.465. The van der Waals surface area contributed by atoms with Crippen molar-refractivity contribution in [3.05, 3.63) is 52.1 Å². The topological polar surface area (TPSA) is 90.4 Å². The van der Waals surface area contributed by atoms with Crippen molar-refractivity contribution in [3.63, 3.8) is 0 Å². The lowest BCUT2D eigenvalue weighted by Crippen LogP contribution is -2.16. The van der Waals surface area contributed by atoms with Gasteiger partial charge in [-0.2, -0.15) is 0 Å². The molecule has 2 aromatic rings. The third kappa shape index (κ3) is 4.04. The van der Waals surface area contributed by atoms with Gasteiger partial charge in [0, 0.05) is 24.7 Å². The molecule has 0 radical (unpaired) electrons. The second kappa shape index (κ2) is 8.01. The standard InChI is InChI=1S/C15H15N3O3.2ClH/c16-13-3-1-11(8-14(13)18(19)20)10-2-4-15-12(7-10)9-17-5-6-21-15;;/h1-4,7-8,17H,5-6,9,16H2;2*1H. The number of rotatable bonds is 2. The third-order valence-electron chi connectivity index (χ3n) is 3.47. The van der Waals surface area contributed by atoms with Crippen LogP contribution in [0.2, 0.25) is 0 Å². The van der Waals surface area contributed by atoms with Gasteiger partial charge in [-0.15, -0.1) is 24.8 Å². The monoisotopic (exact) mass is 357 g/mol. The van der Waals surface area contributed by atoms with E-state index >= 15 is 0 Å². The first-order chi connectivity index (χ1) is 10.1. The highest BCUT2D eigenvalue weighted by Gasteiger charge is 2.14. The third-order valence-corrected chi connectivity index (χ3v) is 3.47. The van der Waals surface area contributed by atoms with E-state index < -0.39 is 4.92 Å². The molecule has 0 atom stereocenters. The van der Waals surface area contributed by atoms with Gasteiger partial charge in [0.15, 0.2) is 0 Å². The van der Waals surface area contributed by atoms with Crippen LogP contribution in [-0.2, 0) is 6.54 Å². The summed E-state index contributed by atoms with van der Waals surface area (Å²) in [6.45, 7) is 2.16. The largest absolute Gasteiger partial charge is 0.492 e. The Morgan fingerprint density at radius 2 is 1.83 bits per heavy atom. The summed E-state index contributed by atoms with van der Waals surface area (Å²) in [5.74, 6) is 0.855. The van der Waals surface area contributed by atoms with Crippen molar-refractivity contribution >= 4 is 36.2 Å². The summed E-state index contributed by atoms with van der Waals surface area (Å²) in [5.41, 5.74) is 8.44. The highest BCUT2D eigenvalue weighted by atomic mass is 35.5. The van der Waals surface area contributed by atoms with Gasteiger partial charge in [-0.05, 0) is 29.3 Å². The van der Waals surface area contributed by atoms with E-state index in [1.165, 1.54) is 6.07 Å². The molecule has 0 aliphatic carbocycles. The molecule has 0 spiro atoms. The first-order valence-electron chi connectivity index (χ1n) is 6.66. The minimum absolute atomic E-state index is 0. The molecule has 0 saturated carbocycles. The van der Waals surface area contributed by atoms with Crippen molar-refractivity contribution in [3.8, 4) is 16.9 Å². The maximum atomic E-state index is 11.0. The van der Waals surface area contributed by atoms with Gasteiger partial charge < -0.3 is 15.8 Å². The van der Waals surface area contributed by atoms with E-state index in [9.17, 15) is 10.1 Å². The number of anilines is 1. The summed E-state index contributed by atoms with van der Waals surface area (Å²) in [7, 11) is 0. The molecule has 3 N–H and O–H groups in total. The first-order valence-corrected chi connectivity index (χ1v) is 6.66. The number of hydrogen-bond donors (Lipinski definition) is 2. The molecule has 0 bridgehead atoms. The molecule has 1 aliphatic heterocycles. The smallest absolute Gasteiger partial charge is 0.292 e. The van der Waals surface area contributed by atoms with Crippen LogP contribution in [-0.4, -0.2) is 18.1 Å². The Kier molecular flexibility index (Phi) is 6.62. The SMILES string of the molecule is Cl.Cl.Nc1ccc(-c2ccc3c(c2)CNCCO3)cc1[N+](=O)[O-]. The van der Waals surface area contributed by atoms with Crippen LogP contribution in [0.15, 0.2) is 36.4 Å². The van der Waals surface area contributed by atoms with Crippen LogP contribution in [0.4, 0.5) is 11.4 Å². The summed E-state index contributed by atoms with van der Waals surface area (Å²) >= 11 is 0. The number of fused-ring (bicyclic) bond motifs is 1. The highest BCUT2D eigenvalue weighted by molar-refractivity contribution is 5.85. The summed E-state index contributed by atoms with van der Waals surface area (Å²) in [4.78, 5) is 10.5. The van der Waals surface area contributed by atoms with Gasteiger partial charge in [0.1, 0.15) is 18.0 Å². The van der Waals surface area contributed by atoms with Gasteiger partial charge >= 0.3 is 0 Å². The fraction of sp³-hybridized carbons (Fsp3) is 0.200. The Morgan fingerprint density at radius 1 is 1.13 bits per heavy atom. The Balaban J connectivity index is 0.00000132. The van der Waals surface area contributed by atoms with E-state index in [0.717, 1.165) is 35.5 Å². The van der Waals surface area contributed by atoms with Crippen LogP contribution in [0.3, 0.4) is 0 Å². The van der Waals surface area contributed by atoms with Crippen molar-refractivity contribution in [2.75, 3.05) is 18.9 Å². The first kappa shape index (κ1) is 19.0. The fourth-order valence-electron chi connectivity index (χ4n) is 2.38. The minimum Gasteiger partial charge on any atom is -0.492 e. The van der Waals surface area contributed by atoms with E-state index in [-0.39, 0.29) is 36.2 Å². The van der Waals surface area contributed by atoms with Gasteiger partial charge in [-0.25, -0.2) is 0 Å². The molecule has 0 unspecified atom stereocenters. The Labute approximate surface area is 146 Å². The van der Waals surface area contributed by atoms with Crippen molar-refractivity contribution in [2.24, 2.45) is 0 Å². The fourth-order valence-corrected chi connectivity index (χ4v) is 2.38. The van der Waals surface area contributed by atoms with Crippen molar-refractivity contribution in [1.29, 1.82) is 0 Å². The number of nitrogen functional groups attached to an aromatic ring is 1. The molecular weight excluding hydrogens is 341 g/mol. The predicted octanol–water partition coefficient (Wildman–Crippen LogP) is 3.17. The van der Waals surface area contributed by atoms with E-state index in [0.29, 0.717) is 6.61 Å². The number of ether oxygens (including phenoxy) is 1. The number of nitro benzene ring substituents is 1. The Hall–Kier alpha value is -2.02. The van der Waals surface area contributed by atoms with Crippen LogP contribution in [0, 0.1) is 10.1 Å².